The Morgan fingerprint density at radius 3 is 2.42 bits per heavy atom. The van der Waals surface area contributed by atoms with Crippen molar-refractivity contribution in [2.24, 2.45) is 0 Å². The molecule has 7 nitrogen and oxygen atoms in total. The lowest BCUT2D eigenvalue weighted by molar-refractivity contribution is -0.121. The number of carbonyl (C=O) groups excluding carboxylic acids is 3. The van der Waals surface area contributed by atoms with Crippen LogP contribution in [0.3, 0.4) is 0 Å². The Bertz CT molecular complexity index is 1330. The van der Waals surface area contributed by atoms with Crippen molar-refractivity contribution in [1.82, 2.24) is 4.90 Å². The summed E-state index contributed by atoms with van der Waals surface area (Å²) in [6, 6.07) is 20.2. The molecule has 0 aromatic heterocycles. The molecule has 2 amide bonds. The van der Waals surface area contributed by atoms with Crippen LogP contribution in [0.5, 0.6) is 5.75 Å². The molecule has 0 unspecified atom stereocenters. The summed E-state index contributed by atoms with van der Waals surface area (Å²) in [6.07, 6.45) is 0. The first-order chi connectivity index (χ1) is 17.4. The molecule has 36 heavy (non-hydrogen) atoms. The second-order valence-corrected chi connectivity index (χ2v) is 9.35. The summed E-state index contributed by atoms with van der Waals surface area (Å²) in [7, 11) is 0. The minimum Gasteiger partial charge on any atom is -0.482 e. The zero-order chi connectivity index (χ0) is 25.2. The molecule has 0 N–H and O–H groups in total. The number of para-hydroxylation sites is 1. The van der Waals surface area contributed by atoms with Gasteiger partial charge in [0.05, 0.1) is 22.9 Å². The van der Waals surface area contributed by atoms with Crippen molar-refractivity contribution in [3.63, 3.8) is 0 Å². The molecular weight excluding hydrogens is 478 g/mol. The fourth-order valence-electron chi connectivity index (χ4n) is 4.62. The van der Waals surface area contributed by atoms with Crippen LogP contribution in [0, 0.1) is 0 Å². The third-order valence-corrected chi connectivity index (χ3v) is 6.90. The zero-order valence-corrected chi connectivity index (χ0v) is 20.7. The van der Waals surface area contributed by atoms with Gasteiger partial charge in [-0.15, -0.1) is 0 Å². The molecule has 184 valence electrons. The summed E-state index contributed by atoms with van der Waals surface area (Å²) in [5.74, 6) is 0.236. The number of carbonyl (C=O) groups is 3. The van der Waals surface area contributed by atoms with E-state index in [1.54, 1.807) is 29.2 Å². The van der Waals surface area contributed by atoms with Crippen LogP contribution in [0.15, 0.2) is 66.7 Å². The van der Waals surface area contributed by atoms with E-state index in [-0.39, 0.29) is 30.7 Å². The van der Waals surface area contributed by atoms with Crippen LogP contribution in [0.2, 0.25) is 5.02 Å². The fraction of sp³-hybridized carbons (Fsp3) is 0.250. The molecule has 8 heteroatoms. The Hall–Kier alpha value is -3.84. The average Bonchev–Trinajstić information content (AvgIpc) is 2.90. The second-order valence-electron chi connectivity index (χ2n) is 8.94. The number of ether oxygens (including phenoxy) is 1. The number of rotatable bonds is 5. The highest BCUT2D eigenvalue weighted by Gasteiger charge is 2.27. The molecule has 3 aromatic carbocycles. The van der Waals surface area contributed by atoms with E-state index in [1.807, 2.05) is 47.4 Å². The number of halogens is 1. The summed E-state index contributed by atoms with van der Waals surface area (Å²) in [5.41, 5.74) is 3.46. The molecule has 0 spiro atoms. The molecule has 0 saturated carbocycles. The van der Waals surface area contributed by atoms with Gasteiger partial charge in [0.25, 0.3) is 11.8 Å². The molecule has 0 bridgehead atoms. The van der Waals surface area contributed by atoms with E-state index in [1.165, 1.54) is 6.92 Å². The van der Waals surface area contributed by atoms with E-state index in [0.29, 0.717) is 53.8 Å². The minimum atomic E-state index is -0.198. The number of nitrogens with zero attached hydrogens (tertiary/aromatic N) is 3. The number of hydrogen-bond acceptors (Lipinski definition) is 5. The van der Waals surface area contributed by atoms with Gasteiger partial charge in [0, 0.05) is 37.3 Å². The summed E-state index contributed by atoms with van der Waals surface area (Å²) < 4.78 is 5.55. The average molecular weight is 504 g/mol. The first kappa shape index (κ1) is 23.9. The van der Waals surface area contributed by atoms with Gasteiger partial charge in [0.15, 0.2) is 12.4 Å². The predicted octanol–water partition coefficient (Wildman–Crippen LogP) is 4.43. The maximum absolute atomic E-state index is 13.3. The molecule has 2 aliphatic rings. The molecule has 1 fully saturated rings. The molecule has 3 aromatic rings. The Kier molecular flexibility index (Phi) is 6.65. The first-order valence-electron chi connectivity index (χ1n) is 11.9. The van der Waals surface area contributed by atoms with E-state index in [9.17, 15) is 14.4 Å². The lowest BCUT2D eigenvalue weighted by Gasteiger charge is -2.36. The summed E-state index contributed by atoms with van der Waals surface area (Å²) >= 11 is 6.34. The monoisotopic (exact) mass is 503 g/mol. The van der Waals surface area contributed by atoms with Crippen molar-refractivity contribution in [3.8, 4) is 5.75 Å². The van der Waals surface area contributed by atoms with Crippen LogP contribution in [0.4, 0.5) is 11.4 Å². The standard InChI is InChI=1S/C28H26ClN3O4/c1-19(33)21-9-10-26-25(16-21)32(27(34)18-36-26)17-20-5-4-6-22(15-20)28(35)31-13-11-30(12-14-31)24-8-3-2-7-23(24)29/h2-10,15-16H,11-14,17-18H2,1H3. The molecule has 2 aliphatic heterocycles. The van der Waals surface area contributed by atoms with Gasteiger partial charge < -0.3 is 19.4 Å². The number of hydrogen-bond donors (Lipinski definition) is 0. The van der Waals surface area contributed by atoms with Crippen molar-refractivity contribution in [2.75, 3.05) is 42.6 Å². The molecule has 1 saturated heterocycles. The lowest BCUT2D eigenvalue weighted by atomic mass is 10.1. The quantitative estimate of drug-likeness (QED) is 0.482. The number of amides is 2. The molecular formula is C28H26ClN3O4. The van der Waals surface area contributed by atoms with Gasteiger partial charge in [-0.1, -0.05) is 35.9 Å². The number of Topliss-reactive ketones (excluding diaryl/α,β-unsaturated/α-hetero) is 1. The zero-order valence-electron chi connectivity index (χ0n) is 19.9. The van der Waals surface area contributed by atoms with Gasteiger partial charge in [-0.3, -0.25) is 14.4 Å². The number of piperazine rings is 1. The van der Waals surface area contributed by atoms with Crippen LogP contribution in [0.1, 0.15) is 33.2 Å². The van der Waals surface area contributed by atoms with Crippen LogP contribution >= 0.6 is 11.6 Å². The Morgan fingerprint density at radius 2 is 1.67 bits per heavy atom. The SMILES string of the molecule is CC(=O)c1ccc2c(c1)N(Cc1cccc(C(=O)N3CCN(c4ccccc4Cl)CC3)c1)C(=O)CO2. The summed E-state index contributed by atoms with van der Waals surface area (Å²) in [6.45, 7) is 4.29. The minimum absolute atomic E-state index is 0.0387. The van der Waals surface area contributed by atoms with Crippen LogP contribution in [0.25, 0.3) is 0 Å². The van der Waals surface area contributed by atoms with Crippen molar-refractivity contribution in [2.45, 2.75) is 13.5 Å². The predicted molar refractivity (Wildman–Crippen MR) is 139 cm³/mol. The molecule has 2 heterocycles. The number of ketones is 1. The van der Waals surface area contributed by atoms with E-state index in [4.69, 9.17) is 16.3 Å². The molecule has 0 radical (unpaired) electrons. The van der Waals surface area contributed by atoms with Crippen LogP contribution in [-0.4, -0.2) is 55.3 Å². The lowest BCUT2D eigenvalue weighted by Crippen LogP contribution is -2.48. The Labute approximate surface area is 214 Å². The van der Waals surface area contributed by atoms with Crippen LogP contribution in [-0.2, 0) is 11.3 Å². The molecule has 5 rings (SSSR count). The van der Waals surface area contributed by atoms with Gasteiger partial charge in [0.1, 0.15) is 5.75 Å². The van der Waals surface area contributed by atoms with Crippen molar-refractivity contribution in [1.29, 1.82) is 0 Å². The van der Waals surface area contributed by atoms with Crippen LogP contribution < -0.4 is 14.5 Å². The van der Waals surface area contributed by atoms with Gasteiger partial charge in [-0.2, -0.15) is 0 Å². The normalized spacial score (nSPS) is 15.4. The van der Waals surface area contributed by atoms with Gasteiger partial charge in [-0.25, -0.2) is 0 Å². The van der Waals surface area contributed by atoms with Gasteiger partial charge in [-0.05, 0) is 55.0 Å². The van der Waals surface area contributed by atoms with E-state index < -0.39 is 0 Å². The van der Waals surface area contributed by atoms with E-state index in [2.05, 4.69) is 4.90 Å². The maximum atomic E-state index is 13.3. The highest BCUT2D eigenvalue weighted by atomic mass is 35.5. The van der Waals surface area contributed by atoms with Crippen molar-refractivity contribution < 1.29 is 19.1 Å². The van der Waals surface area contributed by atoms with E-state index in [0.717, 1.165) is 11.3 Å². The molecule has 0 aliphatic carbocycles. The third-order valence-electron chi connectivity index (χ3n) is 6.58. The summed E-state index contributed by atoms with van der Waals surface area (Å²) in [4.78, 5) is 43.5. The number of anilines is 2. The largest absolute Gasteiger partial charge is 0.482 e. The van der Waals surface area contributed by atoms with Gasteiger partial charge in [0.2, 0.25) is 0 Å². The smallest absolute Gasteiger partial charge is 0.265 e. The number of benzene rings is 3. The highest BCUT2D eigenvalue weighted by molar-refractivity contribution is 6.33. The fourth-order valence-corrected chi connectivity index (χ4v) is 4.88. The maximum Gasteiger partial charge on any atom is 0.265 e. The summed E-state index contributed by atoms with van der Waals surface area (Å²) in [5, 5.41) is 0.708. The second kappa shape index (κ2) is 10.0. The number of fused-ring (bicyclic) bond motifs is 1. The van der Waals surface area contributed by atoms with Crippen molar-refractivity contribution in [3.05, 3.63) is 88.4 Å². The highest BCUT2D eigenvalue weighted by Crippen LogP contribution is 2.34. The third kappa shape index (κ3) is 4.79. The first-order valence-corrected chi connectivity index (χ1v) is 12.2. The Balaban J connectivity index is 1.30. The Morgan fingerprint density at radius 1 is 0.889 bits per heavy atom. The van der Waals surface area contributed by atoms with E-state index >= 15 is 0 Å². The molecule has 0 atom stereocenters. The van der Waals surface area contributed by atoms with Crippen molar-refractivity contribution >= 4 is 40.6 Å². The topological polar surface area (TPSA) is 70.2 Å². The van der Waals surface area contributed by atoms with Gasteiger partial charge >= 0.3 is 0 Å².